The van der Waals surface area contributed by atoms with E-state index >= 15 is 0 Å². The molecule has 0 aliphatic carbocycles. The Morgan fingerprint density at radius 2 is 1.89 bits per heavy atom. The summed E-state index contributed by atoms with van der Waals surface area (Å²) in [4.78, 5) is 11.1. The van der Waals surface area contributed by atoms with E-state index < -0.39 is 11.6 Å². The molecule has 0 N–H and O–H groups in total. The first-order valence-corrected chi connectivity index (χ1v) is 5.66. The van der Waals surface area contributed by atoms with Crippen molar-refractivity contribution in [1.29, 1.82) is 0 Å². The van der Waals surface area contributed by atoms with E-state index in [1.165, 1.54) is 31.4 Å². The second-order valence-corrected chi connectivity index (χ2v) is 4.12. The van der Waals surface area contributed by atoms with Crippen molar-refractivity contribution in [3.8, 4) is 16.9 Å². The molecule has 0 unspecified atom stereocenters. The highest BCUT2D eigenvalue weighted by Crippen LogP contribution is 2.31. The maximum atomic E-state index is 14.1. The number of aldehydes is 1. The van der Waals surface area contributed by atoms with Gasteiger partial charge in [-0.15, -0.1) is 0 Å². The summed E-state index contributed by atoms with van der Waals surface area (Å²) in [5, 5.41) is 0. The molecule has 0 bridgehead atoms. The first-order chi connectivity index (χ1) is 9.08. The summed E-state index contributed by atoms with van der Waals surface area (Å²) in [5.41, 5.74) is 0.533. The average Bonchev–Trinajstić information content (AvgIpc) is 2.43. The second-order valence-electron chi connectivity index (χ2n) is 4.12. The lowest BCUT2D eigenvalue weighted by molar-refractivity contribution is 0.112. The summed E-state index contributed by atoms with van der Waals surface area (Å²) in [6.07, 6.45) is 0.555. The summed E-state index contributed by atoms with van der Waals surface area (Å²) in [5.74, 6) is -0.899. The molecular weight excluding hydrogens is 250 g/mol. The summed E-state index contributed by atoms with van der Waals surface area (Å²) in [7, 11) is 1.46. The van der Waals surface area contributed by atoms with E-state index in [0.29, 0.717) is 17.6 Å². The van der Waals surface area contributed by atoms with E-state index in [1.807, 2.05) is 0 Å². The van der Waals surface area contributed by atoms with Crippen LogP contribution in [0, 0.1) is 18.6 Å². The summed E-state index contributed by atoms with van der Waals surface area (Å²) < 4.78 is 32.9. The molecule has 0 amide bonds. The Morgan fingerprint density at radius 3 is 2.53 bits per heavy atom. The lowest BCUT2D eigenvalue weighted by Crippen LogP contribution is -1.97. The van der Waals surface area contributed by atoms with Gasteiger partial charge in [0.05, 0.1) is 12.7 Å². The Hall–Kier alpha value is -2.23. The number of benzene rings is 2. The molecule has 0 aliphatic heterocycles. The molecular formula is C15H12F2O2. The molecule has 2 nitrogen and oxygen atoms in total. The number of ether oxygens (including phenoxy) is 1. The van der Waals surface area contributed by atoms with Crippen molar-refractivity contribution in [2.75, 3.05) is 7.11 Å². The number of carbonyl (C=O) groups is 1. The molecule has 19 heavy (non-hydrogen) atoms. The maximum absolute atomic E-state index is 14.1. The minimum Gasteiger partial charge on any atom is -0.497 e. The van der Waals surface area contributed by atoms with Crippen LogP contribution in [-0.2, 0) is 0 Å². The summed E-state index contributed by atoms with van der Waals surface area (Å²) in [6.45, 7) is 1.54. The van der Waals surface area contributed by atoms with E-state index in [1.54, 1.807) is 13.0 Å². The van der Waals surface area contributed by atoms with Gasteiger partial charge < -0.3 is 4.74 Å². The first kappa shape index (κ1) is 13.2. The van der Waals surface area contributed by atoms with Crippen molar-refractivity contribution >= 4 is 6.29 Å². The van der Waals surface area contributed by atoms with Crippen LogP contribution < -0.4 is 4.74 Å². The van der Waals surface area contributed by atoms with Crippen molar-refractivity contribution in [2.45, 2.75) is 6.92 Å². The van der Waals surface area contributed by atoms with Crippen LogP contribution in [0.15, 0.2) is 30.3 Å². The third-order valence-electron chi connectivity index (χ3n) is 2.94. The fourth-order valence-electron chi connectivity index (χ4n) is 1.90. The number of hydrogen-bond acceptors (Lipinski definition) is 2. The van der Waals surface area contributed by atoms with Gasteiger partial charge >= 0.3 is 0 Å². The van der Waals surface area contributed by atoms with Crippen LogP contribution >= 0.6 is 0 Å². The first-order valence-electron chi connectivity index (χ1n) is 5.66. The number of halogens is 2. The molecule has 0 radical (unpaired) electrons. The lowest BCUT2D eigenvalue weighted by atomic mass is 9.97. The van der Waals surface area contributed by atoms with Gasteiger partial charge in [-0.05, 0) is 42.3 Å². The summed E-state index contributed by atoms with van der Waals surface area (Å²) in [6, 6.07) is 7.03. The Bertz CT molecular complexity index is 636. The minimum absolute atomic E-state index is 0.183. The van der Waals surface area contributed by atoms with Crippen LogP contribution in [0.5, 0.6) is 5.75 Å². The number of hydrogen-bond donors (Lipinski definition) is 0. The van der Waals surface area contributed by atoms with E-state index in [4.69, 9.17) is 4.74 Å². The predicted molar refractivity (Wildman–Crippen MR) is 68.5 cm³/mol. The van der Waals surface area contributed by atoms with E-state index in [2.05, 4.69) is 0 Å². The largest absolute Gasteiger partial charge is 0.497 e. The number of methoxy groups -OCH3 is 1. The molecule has 2 aromatic carbocycles. The van der Waals surface area contributed by atoms with Gasteiger partial charge in [0.15, 0.2) is 6.29 Å². The molecule has 0 atom stereocenters. The van der Waals surface area contributed by atoms with Gasteiger partial charge in [-0.1, -0.05) is 6.07 Å². The highest BCUT2D eigenvalue weighted by molar-refractivity contribution is 5.88. The Morgan fingerprint density at radius 1 is 1.16 bits per heavy atom. The molecule has 2 rings (SSSR count). The highest BCUT2D eigenvalue weighted by Gasteiger charge is 2.17. The Balaban J connectivity index is 2.72. The van der Waals surface area contributed by atoms with Crippen LogP contribution in [0.4, 0.5) is 8.78 Å². The van der Waals surface area contributed by atoms with Crippen LogP contribution in [0.25, 0.3) is 11.1 Å². The molecule has 0 aromatic heterocycles. The summed E-state index contributed by atoms with van der Waals surface area (Å²) >= 11 is 0. The van der Waals surface area contributed by atoms with Gasteiger partial charge in [0.2, 0.25) is 0 Å². The molecule has 0 heterocycles. The zero-order chi connectivity index (χ0) is 14.0. The molecule has 2 aromatic rings. The lowest BCUT2D eigenvalue weighted by Gasteiger charge is -2.11. The molecule has 0 aliphatic rings. The van der Waals surface area contributed by atoms with Gasteiger partial charge in [-0.25, -0.2) is 8.78 Å². The van der Waals surface area contributed by atoms with Gasteiger partial charge in [0, 0.05) is 5.56 Å². The standard InChI is InChI=1S/C15H12F2O2/c1-9-3-6-13(16)14(15(9)17)12-5-4-11(19-2)7-10(12)8-18/h3-8H,1-2H3. The normalized spacial score (nSPS) is 10.3. The van der Waals surface area contributed by atoms with Crippen molar-refractivity contribution < 1.29 is 18.3 Å². The van der Waals surface area contributed by atoms with Gasteiger partial charge in [0.1, 0.15) is 17.4 Å². The van der Waals surface area contributed by atoms with Crippen LogP contribution in [0.1, 0.15) is 15.9 Å². The Kier molecular flexibility index (Phi) is 3.60. The highest BCUT2D eigenvalue weighted by atomic mass is 19.1. The maximum Gasteiger partial charge on any atom is 0.150 e. The molecule has 4 heteroatoms. The number of rotatable bonds is 3. The molecule has 0 fully saturated rings. The van der Waals surface area contributed by atoms with Crippen LogP contribution in [-0.4, -0.2) is 13.4 Å². The third-order valence-corrected chi connectivity index (χ3v) is 2.94. The number of aryl methyl sites for hydroxylation is 1. The van der Waals surface area contributed by atoms with Crippen molar-refractivity contribution in [3.05, 3.63) is 53.1 Å². The van der Waals surface area contributed by atoms with E-state index in [-0.39, 0.29) is 16.7 Å². The minimum atomic E-state index is -0.698. The predicted octanol–water partition coefficient (Wildman–Crippen LogP) is 3.76. The SMILES string of the molecule is COc1ccc(-c2c(F)ccc(C)c2F)c(C=O)c1. The van der Waals surface area contributed by atoms with Crippen LogP contribution in [0.3, 0.4) is 0 Å². The second kappa shape index (κ2) is 5.18. The zero-order valence-corrected chi connectivity index (χ0v) is 10.5. The quantitative estimate of drug-likeness (QED) is 0.787. The van der Waals surface area contributed by atoms with Crippen molar-refractivity contribution in [3.63, 3.8) is 0 Å². The van der Waals surface area contributed by atoms with Gasteiger partial charge in [-0.2, -0.15) is 0 Å². The fourth-order valence-corrected chi connectivity index (χ4v) is 1.90. The zero-order valence-electron chi connectivity index (χ0n) is 10.5. The van der Waals surface area contributed by atoms with E-state index in [9.17, 15) is 13.6 Å². The number of carbonyl (C=O) groups excluding carboxylic acids is 1. The average molecular weight is 262 g/mol. The van der Waals surface area contributed by atoms with Gasteiger partial charge in [-0.3, -0.25) is 4.79 Å². The molecule has 0 saturated carbocycles. The van der Waals surface area contributed by atoms with E-state index in [0.717, 1.165) is 0 Å². The smallest absolute Gasteiger partial charge is 0.150 e. The fraction of sp³-hybridized carbons (Fsp3) is 0.133. The Labute approximate surface area is 109 Å². The molecule has 0 saturated heterocycles. The van der Waals surface area contributed by atoms with Crippen LogP contribution in [0.2, 0.25) is 0 Å². The topological polar surface area (TPSA) is 26.3 Å². The third kappa shape index (κ3) is 2.34. The molecule has 0 spiro atoms. The monoisotopic (exact) mass is 262 g/mol. The van der Waals surface area contributed by atoms with Crippen molar-refractivity contribution in [1.82, 2.24) is 0 Å². The molecule has 98 valence electrons. The van der Waals surface area contributed by atoms with Gasteiger partial charge in [0.25, 0.3) is 0 Å². The van der Waals surface area contributed by atoms with Crippen molar-refractivity contribution in [2.24, 2.45) is 0 Å².